The van der Waals surface area contributed by atoms with Crippen LogP contribution in [0.15, 0.2) is 89.5 Å². The van der Waals surface area contributed by atoms with E-state index in [-0.39, 0.29) is 58.6 Å². The van der Waals surface area contributed by atoms with E-state index in [4.69, 9.17) is 45.8 Å². The number of rotatable bonds is 15. The Bertz CT molecular complexity index is 3820. The molecule has 1 radical (unpaired) electrons. The first-order chi connectivity index (χ1) is 37.9. The summed E-state index contributed by atoms with van der Waals surface area (Å²) in [6, 6.07) is -0.129. The molecule has 10 heterocycles. The monoisotopic (exact) mass is 1320 g/mol. The Morgan fingerprint density at radius 1 is 0.662 bits per heavy atom. The molecule has 0 bridgehead atoms. The number of aryl methyl sites for hydroxylation is 1. The van der Waals surface area contributed by atoms with Gasteiger partial charge in [-0.15, -0.1) is 0 Å². The second-order valence-corrected chi connectivity index (χ2v) is 22.4. The van der Waals surface area contributed by atoms with E-state index in [1.165, 1.54) is 13.1 Å². The van der Waals surface area contributed by atoms with Crippen LogP contribution in [0, 0.1) is 22.5 Å². The zero-order chi connectivity index (χ0) is 57.4. The van der Waals surface area contributed by atoms with E-state index in [1.807, 2.05) is 0 Å². The van der Waals surface area contributed by atoms with Gasteiger partial charge in [0, 0.05) is 67.4 Å². The molecule has 0 saturated carbocycles. The van der Waals surface area contributed by atoms with Crippen LogP contribution in [0.3, 0.4) is 0 Å². The fraction of sp³-hybridized carbons (Fsp3) is 0.543. The smallest absolute Gasteiger partial charge is 0.330 e. The van der Waals surface area contributed by atoms with Crippen molar-refractivity contribution in [2.45, 2.75) is 150 Å². The molecule has 5 aromatic rings. The van der Waals surface area contributed by atoms with Crippen molar-refractivity contribution in [3.8, 4) is 0 Å². The van der Waals surface area contributed by atoms with E-state index in [0.29, 0.717) is 0 Å². The van der Waals surface area contributed by atoms with E-state index in [9.17, 15) is 68.4 Å². The number of nitrogens with one attached hydrogen (secondary N) is 5. The molecule has 5 aromatic heterocycles. The predicted molar refractivity (Wildman–Crippen MR) is 282 cm³/mol. The Morgan fingerprint density at radius 3 is 1.86 bits per heavy atom. The number of aliphatic hydroxyl groups excluding tert-OH is 4. The molecule has 0 aliphatic carbocycles. The van der Waals surface area contributed by atoms with E-state index >= 15 is 0 Å². The highest BCUT2D eigenvalue weighted by Crippen LogP contribution is 2.56. The Labute approximate surface area is 472 Å². The number of H-pyrrole nitrogens is 5. The van der Waals surface area contributed by atoms with Gasteiger partial charge in [0.2, 0.25) is 0 Å². The summed E-state index contributed by atoms with van der Waals surface area (Å²) in [7, 11) is 0. The Hall–Kier alpha value is -5.54. The summed E-state index contributed by atoms with van der Waals surface area (Å²) in [6.45, 7) is 1.37. The van der Waals surface area contributed by atoms with Crippen LogP contribution in [-0.2, 0) is 28.4 Å². The molecule has 31 nitrogen and oxygen atoms in total. The molecule has 80 heavy (non-hydrogen) atoms. The number of nitrogens with zero attached hydrogens (tertiary/aromatic N) is 5. The fourth-order valence-corrected chi connectivity index (χ4v) is 12.1. The lowest BCUT2D eigenvalue weighted by molar-refractivity contribution is -0.271. The number of aromatic nitrogens is 10. The zero-order valence-electron chi connectivity index (χ0n) is 41.5. The van der Waals surface area contributed by atoms with Crippen molar-refractivity contribution in [2.75, 3.05) is 0 Å². The van der Waals surface area contributed by atoms with Crippen molar-refractivity contribution in [1.29, 1.82) is 0 Å². The summed E-state index contributed by atoms with van der Waals surface area (Å²) in [5.41, 5.74) is -4.61. The Balaban J connectivity index is 1.13. The van der Waals surface area contributed by atoms with Gasteiger partial charge in [0.05, 0.1) is 26.4 Å². The maximum Gasteiger partial charge on any atom is 0.330 e. The molecular weight excluding hydrogens is 1270 g/mol. The predicted octanol–water partition coefficient (Wildman–Crippen LogP) is -3.06. The normalized spacial score (nSPS) is 30.3. The van der Waals surface area contributed by atoms with Gasteiger partial charge in [-0.1, -0.05) is 11.6 Å². The third-order valence-electron chi connectivity index (χ3n) is 15.1. The fourth-order valence-electron chi connectivity index (χ4n) is 11.2. The van der Waals surface area contributed by atoms with Gasteiger partial charge >= 0.3 is 28.4 Å². The third kappa shape index (κ3) is 10.8. The summed E-state index contributed by atoms with van der Waals surface area (Å²) in [5, 5.41) is 51.7. The van der Waals surface area contributed by atoms with Crippen LogP contribution in [0.1, 0.15) is 88.1 Å². The maximum atomic E-state index is 13.9. The minimum Gasteiger partial charge on any atom is -0.390 e. The van der Waals surface area contributed by atoms with Gasteiger partial charge in [0.25, 0.3) is 27.8 Å². The van der Waals surface area contributed by atoms with Crippen LogP contribution in [0.2, 0.25) is 5.02 Å². The molecule has 431 valence electrons. The van der Waals surface area contributed by atoms with Gasteiger partial charge in [-0.2, -0.15) is 0 Å². The minimum absolute atomic E-state index is 0.0136. The van der Waals surface area contributed by atoms with Gasteiger partial charge in [-0.3, -0.25) is 71.7 Å². The average molecular weight is 1320 g/mol. The van der Waals surface area contributed by atoms with Crippen LogP contribution in [0.4, 0.5) is 0 Å². The summed E-state index contributed by atoms with van der Waals surface area (Å²) >= 11 is 11.0. The van der Waals surface area contributed by atoms with Crippen LogP contribution in [0.5, 0.6) is 0 Å². The first kappa shape index (κ1) is 57.7. The average Bonchev–Trinajstić information content (AvgIpc) is 4.35. The van der Waals surface area contributed by atoms with Crippen molar-refractivity contribution < 1.29 is 48.8 Å². The molecule has 0 amide bonds. The van der Waals surface area contributed by atoms with Crippen molar-refractivity contribution in [3.63, 3.8) is 0 Å². The van der Waals surface area contributed by atoms with Gasteiger partial charge < -0.3 is 54.6 Å². The molecule has 10 rings (SSSR count). The lowest BCUT2D eigenvalue weighted by Crippen LogP contribution is -2.65. The topological polar surface area (TPSA) is 437 Å². The molecular formula is C46H51BrClIN11O20. The van der Waals surface area contributed by atoms with Crippen molar-refractivity contribution in [3.05, 3.63) is 166 Å². The van der Waals surface area contributed by atoms with Gasteiger partial charge in [-0.05, 0) is 84.0 Å². The van der Waals surface area contributed by atoms with Crippen molar-refractivity contribution in [2.24, 2.45) is 11.7 Å². The quantitative estimate of drug-likeness (QED) is 0.0367. The van der Waals surface area contributed by atoms with Crippen molar-refractivity contribution in [1.82, 2.24) is 47.8 Å². The van der Waals surface area contributed by atoms with E-state index < -0.39 is 172 Å². The number of nitrogens with two attached hydrogens (primary N) is 1. The van der Waals surface area contributed by atoms with Crippen LogP contribution >= 0.6 is 50.1 Å². The second kappa shape index (κ2) is 22.7. The molecule has 11 N–H and O–H groups in total. The first-order valence-corrected chi connectivity index (χ1v) is 27.2. The number of hydrogen-bond acceptors (Lipinski definition) is 21. The summed E-state index contributed by atoms with van der Waals surface area (Å²) in [5.74, 6) is -1.76. The van der Waals surface area contributed by atoms with Gasteiger partial charge in [-0.25, -0.2) is 24.0 Å². The van der Waals surface area contributed by atoms with E-state index in [0.717, 1.165) is 53.7 Å². The molecule has 16 atom stereocenters. The van der Waals surface area contributed by atoms with Crippen LogP contribution < -0.4 is 62.0 Å². The standard InChI is InChI=1S/C46H51BrClIN11O20/c1-16-12-57(42(71)52-36(16)65)30-10-17(31(62)33-21(50)11-29(78-33)56-9-8-25(61)51-41(56)70)46(80-30,34(64)23-3-6-27(76-23)59-14-19(48)38(67)54-44(59)73)35(32(63)22-2-5-26(75-22)58-13-18(47)37(66)53-43(58)72)79-40(69)24-4-7-28(77-24)60-15-20(49)39(68)55-45(60)74/h8-9,12-15,17,21-24,26-34,40,62-64,69H,2-7,10-11,50H2,1H3,(H,51,61,70)(H,52,65,71)(H,53,66,72)(H,54,67,73)(H,55,68,74)/t17-,21+,22+,23+,24+,26-,27-,28-,29-,30-,31?,32?,33+,34?,40?,46-/m1/s1. The lowest BCUT2D eigenvalue weighted by Gasteiger charge is -2.49. The second-order valence-electron chi connectivity index (χ2n) is 20.0. The molecule has 5 aliphatic rings. The highest BCUT2D eigenvalue weighted by Gasteiger charge is 2.68. The zero-order valence-corrected chi connectivity index (χ0v) is 46.0. The number of ether oxygens (including phenoxy) is 6. The van der Waals surface area contributed by atoms with E-state index in [2.05, 4.69) is 40.8 Å². The number of aromatic amines is 5. The van der Waals surface area contributed by atoms with Gasteiger partial charge in [0.1, 0.15) is 66.2 Å². The summed E-state index contributed by atoms with van der Waals surface area (Å²) in [4.78, 5) is 139. The third-order valence-corrected chi connectivity index (χ3v) is 16.7. The van der Waals surface area contributed by atoms with Gasteiger partial charge in [0.15, 0.2) is 12.4 Å². The van der Waals surface area contributed by atoms with Crippen molar-refractivity contribution >= 4 is 50.1 Å². The van der Waals surface area contributed by atoms with Crippen LogP contribution in [0.25, 0.3) is 0 Å². The molecule has 0 aromatic carbocycles. The number of halogens is 3. The molecule has 34 heteroatoms. The van der Waals surface area contributed by atoms with E-state index in [1.54, 1.807) is 22.6 Å². The molecule has 0 spiro atoms. The highest BCUT2D eigenvalue weighted by molar-refractivity contribution is 14.1. The number of hydrogen-bond donors (Lipinski definition) is 10. The first-order valence-electron chi connectivity index (χ1n) is 24.9. The Kier molecular flexibility index (Phi) is 16.3. The molecule has 5 fully saturated rings. The summed E-state index contributed by atoms with van der Waals surface area (Å²) in [6.07, 6.45) is -17.6. The van der Waals surface area contributed by atoms with Crippen LogP contribution in [-0.4, -0.2) is 129 Å². The largest absolute Gasteiger partial charge is 0.390 e. The Morgan fingerprint density at radius 2 is 1.20 bits per heavy atom. The molecule has 5 aliphatic heterocycles. The summed E-state index contributed by atoms with van der Waals surface area (Å²) < 4.78 is 43.8. The number of aliphatic hydroxyl groups is 4. The molecule has 5 saturated heterocycles. The molecule has 4 unspecified atom stereocenters. The highest BCUT2D eigenvalue weighted by atomic mass is 127. The maximum absolute atomic E-state index is 13.9. The minimum atomic E-state index is -2.83. The SMILES string of the molecule is Cc1cn([C@H]2C[C@H](C(O)[C@H]3O[C@@H](n4ccc(=O)[nH]c4=O)C[C@@H]3N)[C@]([C](OC(O)[C@@H]3CC[C@H](n4cc(I)c(=O)[nH]c4=O)O3)C(O)[C@@H]3CC[C@H](n4cc(Br)c(=O)[nH]c4=O)O3)(C(O)[C@@H]3CC[C@H](n4cc(Cl)c(=O)[nH]c4=O)O3)O2)c(=O)[nH]c1=O. The lowest BCUT2D eigenvalue weighted by atomic mass is 9.69.